The quantitative estimate of drug-likeness (QED) is 0.890. The summed E-state index contributed by atoms with van der Waals surface area (Å²) in [6.45, 7) is 2.72. The van der Waals surface area contributed by atoms with E-state index in [1.165, 1.54) is 25.7 Å². The first-order valence-electron chi connectivity index (χ1n) is 6.89. The van der Waals surface area contributed by atoms with E-state index in [0.29, 0.717) is 18.6 Å². The van der Waals surface area contributed by atoms with Crippen LogP contribution in [0.3, 0.4) is 0 Å². The minimum Gasteiger partial charge on any atom is -0.490 e. The zero-order valence-corrected chi connectivity index (χ0v) is 11.7. The Bertz CT molecular complexity index is 394. The van der Waals surface area contributed by atoms with Gasteiger partial charge in [0.05, 0.1) is 0 Å². The number of nitrogens with two attached hydrogens (primary N) is 1. The summed E-state index contributed by atoms with van der Waals surface area (Å²) in [4.78, 5) is 0. The molecule has 0 amide bonds. The Balaban J connectivity index is 2.12. The molecule has 0 bridgehead atoms. The molecular formula is C15H22ClNO. The van der Waals surface area contributed by atoms with E-state index < -0.39 is 0 Å². The van der Waals surface area contributed by atoms with Gasteiger partial charge in [-0.05, 0) is 49.8 Å². The predicted molar refractivity (Wildman–Crippen MR) is 76.0 cm³/mol. The van der Waals surface area contributed by atoms with E-state index in [1.54, 1.807) is 0 Å². The van der Waals surface area contributed by atoms with Crippen molar-refractivity contribution >= 4 is 11.6 Å². The van der Waals surface area contributed by atoms with E-state index in [0.717, 1.165) is 22.8 Å². The summed E-state index contributed by atoms with van der Waals surface area (Å²) in [5.41, 5.74) is 6.76. The van der Waals surface area contributed by atoms with Gasteiger partial charge in [-0.2, -0.15) is 0 Å². The molecule has 1 saturated carbocycles. The molecule has 2 atom stereocenters. The molecule has 0 heterocycles. The smallest absolute Gasteiger partial charge is 0.124 e. The summed E-state index contributed by atoms with van der Waals surface area (Å²) in [5, 5.41) is 0.721. The van der Waals surface area contributed by atoms with Crippen molar-refractivity contribution in [3.8, 4) is 5.75 Å². The highest BCUT2D eigenvalue weighted by molar-refractivity contribution is 6.30. The van der Waals surface area contributed by atoms with Gasteiger partial charge in [0, 0.05) is 17.1 Å². The summed E-state index contributed by atoms with van der Waals surface area (Å²) in [6.07, 6.45) is 6.58. The topological polar surface area (TPSA) is 35.2 Å². The second-order valence-corrected chi connectivity index (χ2v) is 5.50. The first-order valence-corrected chi connectivity index (χ1v) is 7.27. The Morgan fingerprint density at radius 3 is 2.83 bits per heavy atom. The molecule has 1 fully saturated rings. The lowest BCUT2D eigenvalue weighted by Crippen LogP contribution is -2.30. The second kappa shape index (κ2) is 6.44. The SMILES string of the molecule is CCC1CCCCC1Oc1ccc(Cl)cc1CN. The third-order valence-corrected chi connectivity index (χ3v) is 4.12. The highest BCUT2D eigenvalue weighted by Gasteiger charge is 2.25. The molecule has 2 unspecified atom stereocenters. The van der Waals surface area contributed by atoms with Gasteiger partial charge in [0.1, 0.15) is 11.9 Å². The van der Waals surface area contributed by atoms with E-state index in [2.05, 4.69) is 6.92 Å². The van der Waals surface area contributed by atoms with E-state index in [9.17, 15) is 0 Å². The van der Waals surface area contributed by atoms with Crippen LogP contribution in [0.15, 0.2) is 18.2 Å². The molecule has 3 heteroatoms. The molecule has 1 aliphatic rings. The first-order chi connectivity index (χ1) is 8.74. The molecule has 0 saturated heterocycles. The van der Waals surface area contributed by atoms with Gasteiger partial charge in [0.2, 0.25) is 0 Å². The summed E-state index contributed by atoms with van der Waals surface area (Å²) in [6, 6.07) is 5.73. The predicted octanol–water partition coefficient (Wildman–Crippen LogP) is 4.15. The lowest BCUT2D eigenvalue weighted by Gasteiger charge is -2.31. The maximum absolute atomic E-state index is 6.20. The highest BCUT2D eigenvalue weighted by atomic mass is 35.5. The molecule has 1 aromatic rings. The fourth-order valence-corrected chi connectivity index (χ4v) is 2.98. The highest BCUT2D eigenvalue weighted by Crippen LogP contribution is 2.32. The molecule has 1 aliphatic carbocycles. The lowest BCUT2D eigenvalue weighted by atomic mass is 9.84. The molecule has 0 aromatic heterocycles. The molecule has 2 rings (SSSR count). The number of ether oxygens (including phenoxy) is 1. The normalized spacial score (nSPS) is 23.9. The fraction of sp³-hybridized carbons (Fsp3) is 0.600. The maximum atomic E-state index is 6.20. The third kappa shape index (κ3) is 3.18. The van der Waals surface area contributed by atoms with Gasteiger partial charge in [-0.1, -0.05) is 24.9 Å². The van der Waals surface area contributed by atoms with Crippen LogP contribution in [-0.4, -0.2) is 6.10 Å². The van der Waals surface area contributed by atoms with Crippen molar-refractivity contribution < 1.29 is 4.74 Å². The molecule has 1 aromatic carbocycles. The number of hydrogen-bond donors (Lipinski definition) is 1. The minimum atomic E-state index is 0.343. The third-order valence-electron chi connectivity index (χ3n) is 3.88. The van der Waals surface area contributed by atoms with Crippen molar-refractivity contribution in [1.82, 2.24) is 0 Å². The zero-order chi connectivity index (χ0) is 13.0. The summed E-state index contributed by atoms with van der Waals surface area (Å²) in [5.74, 6) is 1.59. The van der Waals surface area contributed by atoms with Crippen molar-refractivity contribution in [2.24, 2.45) is 11.7 Å². The molecule has 18 heavy (non-hydrogen) atoms. The van der Waals surface area contributed by atoms with Gasteiger partial charge in [0.25, 0.3) is 0 Å². The first kappa shape index (κ1) is 13.7. The van der Waals surface area contributed by atoms with E-state index in [4.69, 9.17) is 22.1 Å². The number of rotatable bonds is 4. The van der Waals surface area contributed by atoms with Gasteiger partial charge in [0.15, 0.2) is 0 Å². The Kier molecular flexibility index (Phi) is 4.90. The molecule has 2 N–H and O–H groups in total. The fourth-order valence-electron chi connectivity index (χ4n) is 2.78. The molecular weight excluding hydrogens is 246 g/mol. The van der Waals surface area contributed by atoms with Gasteiger partial charge in [-0.15, -0.1) is 0 Å². The number of halogens is 1. The van der Waals surface area contributed by atoms with Crippen molar-refractivity contribution in [2.75, 3.05) is 0 Å². The van der Waals surface area contributed by atoms with Crippen LogP contribution in [0.25, 0.3) is 0 Å². The van der Waals surface area contributed by atoms with Crippen molar-refractivity contribution in [1.29, 1.82) is 0 Å². The summed E-state index contributed by atoms with van der Waals surface area (Å²) < 4.78 is 6.20. The lowest BCUT2D eigenvalue weighted by molar-refractivity contribution is 0.0894. The van der Waals surface area contributed by atoms with Gasteiger partial charge in [-0.25, -0.2) is 0 Å². The van der Waals surface area contributed by atoms with Crippen molar-refractivity contribution in [3.63, 3.8) is 0 Å². The van der Waals surface area contributed by atoms with Crippen molar-refractivity contribution in [2.45, 2.75) is 51.7 Å². The summed E-state index contributed by atoms with van der Waals surface area (Å²) in [7, 11) is 0. The van der Waals surface area contributed by atoms with Crippen LogP contribution in [0, 0.1) is 5.92 Å². The Labute approximate surface area is 114 Å². The minimum absolute atomic E-state index is 0.343. The monoisotopic (exact) mass is 267 g/mol. The van der Waals surface area contributed by atoms with Crippen LogP contribution in [0.5, 0.6) is 5.75 Å². The zero-order valence-electron chi connectivity index (χ0n) is 11.0. The number of benzene rings is 1. The molecule has 0 radical (unpaired) electrons. The van der Waals surface area contributed by atoms with E-state index in [-0.39, 0.29) is 0 Å². The molecule has 100 valence electrons. The van der Waals surface area contributed by atoms with Crippen molar-refractivity contribution in [3.05, 3.63) is 28.8 Å². The van der Waals surface area contributed by atoms with Crippen LogP contribution >= 0.6 is 11.6 Å². The van der Waals surface area contributed by atoms with E-state index >= 15 is 0 Å². The number of hydrogen-bond acceptors (Lipinski definition) is 2. The maximum Gasteiger partial charge on any atom is 0.124 e. The summed E-state index contributed by atoms with van der Waals surface area (Å²) >= 11 is 5.98. The average Bonchev–Trinajstić information content (AvgIpc) is 2.41. The van der Waals surface area contributed by atoms with Crippen LogP contribution in [-0.2, 0) is 6.54 Å². The Hall–Kier alpha value is -0.730. The van der Waals surface area contributed by atoms with Gasteiger partial charge >= 0.3 is 0 Å². The van der Waals surface area contributed by atoms with Gasteiger partial charge in [-0.3, -0.25) is 0 Å². The van der Waals surface area contributed by atoms with Crippen LogP contribution < -0.4 is 10.5 Å². The van der Waals surface area contributed by atoms with Gasteiger partial charge < -0.3 is 10.5 Å². The van der Waals surface area contributed by atoms with Crippen LogP contribution in [0.2, 0.25) is 5.02 Å². The van der Waals surface area contributed by atoms with E-state index in [1.807, 2.05) is 18.2 Å². The second-order valence-electron chi connectivity index (χ2n) is 5.07. The molecule has 2 nitrogen and oxygen atoms in total. The Morgan fingerprint density at radius 1 is 1.33 bits per heavy atom. The van der Waals surface area contributed by atoms with Crippen LogP contribution in [0.1, 0.15) is 44.6 Å². The molecule has 0 spiro atoms. The average molecular weight is 268 g/mol. The largest absolute Gasteiger partial charge is 0.490 e. The standard InChI is InChI=1S/C15H22ClNO/c1-2-11-5-3-4-6-14(11)18-15-8-7-13(16)9-12(15)10-17/h7-9,11,14H,2-6,10,17H2,1H3. The Morgan fingerprint density at radius 2 is 2.11 bits per heavy atom. The molecule has 0 aliphatic heterocycles. The van der Waals surface area contributed by atoms with Crippen LogP contribution in [0.4, 0.5) is 0 Å².